The van der Waals surface area contributed by atoms with Gasteiger partial charge < -0.3 is 10.0 Å². The van der Waals surface area contributed by atoms with Gasteiger partial charge in [0.2, 0.25) is 0 Å². The number of hydrogen-bond acceptors (Lipinski definition) is 4. The monoisotopic (exact) mass is 248 g/mol. The van der Waals surface area contributed by atoms with Crippen molar-refractivity contribution in [3.05, 3.63) is 23.9 Å². The summed E-state index contributed by atoms with van der Waals surface area (Å²) < 4.78 is 0. The Hall–Kier alpha value is -1.42. The fraction of sp³-hybridized carbons (Fsp3) is 0.571. The number of ketones is 1. The minimum Gasteiger partial charge on any atom is -0.395 e. The molecule has 0 aliphatic heterocycles. The predicted molar refractivity (Wildman–Crippen MR) is 70.9 cm³/mol. The van der Waals surface area contributed by atoms with E-state index < -0.39 is 0 Å². The number of carbonyl (C=O) groups is 1. The van der Waals surface area contributed by atoms with Crippen molar-refractivity contribution in [2.24, 2.45) is 0 Å². The third-order valence-electron chi connectivity index (χ3n) is 3.55. The highest BCUT2D eigenvalue weighted by atomic mass is 16.3. The Kier molecular flexibility index (Phi) is 4.31. The van der Waals surface area contributed by atoms with Gasteiger partial charge in [0, 0.05) is 24.3 Å². The first-order chi connectivity index (χ1) is 8.72. The second-order valence-electron chi connectivity index (χ2n) is 4.81. The third kappa shape index (κ3) is 2.88. The summed E-state index contributed by atoms with van der Waals surface area (Å²) >= 11 is 0. The predicted octanol–water partition coefficient (Wildman–Crippen LogP) is 2.03. The van der Waals surface area contributed by atoms with Crippen LogP contribution in [0.2, 0.25) is 0 Å². The van der Waals surface area contributed by atoms with Crippen molar-refractivity contribution < 1.29 is 9.90 Å². The average Bonchev–Trinajstić information content (AvgIpc) is 2.89. The molecule has 1 N–H and O–H groups in total. The number of aliphatic hydroxyl groups is 1. The van der Waals surface area contributed by atoms with Crippen molar-refractivity contribution in [3.8, 4) is 0 Å². The molecule has 4 heteroatoms. The van der Waals surface area contributed by atoms with Crippen molar-refractivity contribution in [3.63, 3.8) is 0 Å². The second kappa shape index (κ2) is 5.96. The summed E-state index contributed by atoms with van der Waals surface area (Å²) in [5, 5.41) is 9.20. The van der Waals surface area contributed by atoms with Gasteiger partial charge in [0.15, 0.2) is 5.78 Å². The first-order valence-electron chi connectivity index (χ1n) is 6.57. The van der Waals surface area contributed by atoms with E-state index in [1.54, 1.807) is 19.2 Å². The maximum atomic E-state index is 11.4. The molecule has 1 heterocycles. The Labute approximate surface area is 108 Å². The summed E-state index contributed by atoms with van der Waals surface area (Å²) in [6.07, 6.45) is 6.43. The summed E-state index contributed by atoms with van der Waals surface area (Å²) in [6, 6.07) is 4.01. The van der Waals surface area contributed by atoms with E-state index in [2.05, 4.69) is 9.88 Å². The summed E-state index contributed by atoms with van der Waals surface area (Å²) in [7, 11) is 0. The second-order valence-corrected chi connectivity index (χ2v) is 4.81. The van der Waals surface area contributed by atoms with Gasteiger partial charge in [-0.15, -0.1) is 0 Å². The van der Waals surface area contributed by atoms with Gasteiger partial charge >= 0.3 is 0 Å². The molecule has 2 rings (SSSR count). The Morgan fingerprint density at radius 1 is 1.50 bits per heavy atom. The molecule has 1 saturated carbocycles. The number of nitrogens with zero attached hydrogens (tertiary/aromatic N) is 2. The summed E-state index contributed by atoms with van der Waals surface area (Å²) in [6.45, 7) is 2.26. The zero-order chi connectivity index (χ0) is 13.0. The van der Waals surface area contributed by atoms with Gasteiger partial charge in [-0.1, -0.05) is 12.8 Å². The van der Waals surface area contributed by atoms with Crippen molar-refractivity contribution in [1.82, 2.24) is 4.98 Å². The van der Waals surface area contributed by atoms with E-state index >= 15 is 0 Å². The maximum Gasteiger partial charge on any atom is 0.159 e. The minimum absolute atomic E-state index is 0.0500. The lowest BCUT2D eigenvalue weighted by Gasteiger charge is -2.29. The zero-order valence-electron chi connectivity index (χ0n) is 10.8. The molecular formula is C14H20N2O2. The quantitative estimate of drug-likeness (QED) is 0.810. The number of hydrogen-bond donors (Lipinski definition) is 1. The first-order valence-corrected chi connectivity index (χ1v) is 6.57. The van der Waals surface area contributed by atoms with Crippen LogP contribution in [0.3, 0.4) is 0 Å². The van der Waals surface area contributed by atoms with Crippen LogP contribution in [0, 0.1) is 0 Å². The molecular weight excluding hydrogens is 228 g/mol. The number of aliphatic hydroxyl groups excluding tert-OH is 1. The van der Waals surface area contributed by atoms with Gasteiger partial charge in [0.05, 0.1) is 6.61 Å². The molecule has 1 aliphatic rings. The molecule has 1 fully saturated rings. The van der Waals surface area contributed by atoms with Gasteiger partial charge in [-0.3, -0.25) is 4.79 Å². The lowest BCUT2D eigenvalue weighted by molar-refractivity contribution is 0.101. The highest BCUT2D eigenvalue weighted by Crippen LogP contribution is 2.27. The topological polar surface area (TPSA) is 53.4 Å². The van der Waals surface area contributed by atoms with Crippen LogP contribution in [0.5, 0.6) is 0 Å². The third-order valence-corrected chi connectivity index (χ3v) is 3.55. The molecule has 98 valence electrons. The Bertz CT molecular complexity index is 414. The van der Waals surface area contributed by atoms with E-state index in [9.17, 15) is 9.90 Å². The fourth-order valence-electron chi connectivity index (χ4n) is 2.60. The number of pyridine rings is 1. The van der Waals surface area contributed by atoms with Crippen LogP contribution in [0.15, 0.2) is 18.3 Å². The lowest BCUT2D eigenvalue weighted by Crippen LogP contribution is -2.36. The normalized spacial score (nSPS) is 15.9. The smallest absolute Gasteiger partial charge is 0.159 e. The standard InChI is InChI=1S/C14H20N2O2/c1-11(18)12-6-7-15-14(10-12)16(8-9-17)13-4-2-3-5-13/h6-7,10,13,17H,2-5,8-9H2,1H3. The van der Waals surface area contributed by atoms with Crippen LogP contribution in [-0.4, -0.2) is 35.1 Å². The number of anilines is 1. The van der Waals surface area contributed by atoms with Gasteiger partial charge in [-0.2, -0.15) is 0 Å². The minimum atomic E-state index is 0.0500. The molecule has 1 aliphatic carbocycles. The Balaban J connectivity index is 2.23. The lowest BCUT2D eigenvalue weighted by atomic mass is 10.1. The van der Waals surface area contributed by atoms with Crippen molar-refractivity contribution in [2.45, 2.75) is 38.6 Å². The van der Waals surface area contributed by atoms with Crippen LogP contribution in [0.1, 0.15) is 43.0 Å². The summed E-state index contributed by atoms with van der Waals surface area (Å²) in [5.74, 6) is 0.859. The van der Waals surface area contributed by atoms with E-state index in [4.69, 9.17) is 0 Å². The highest BCUT2D eigenvalue weighted by molar-refractivity contribution is 5.94. The molecule has 1 aromatic rings. The molecule has 0 radical (unpaired) electrons. The molecule has 0 spiro atoms. The van der Waals surface area contributed by atoms with Crippen molar-refractivity contribution in [1.29, 1.82) is 0 Å². The van der Waals surface area contributed by atoms with Crippen LogP contribution >= 0.6 is 0 Å². The molecule has 1 aromatic heterocycles. The molecule has 0 aromatic carbocycles. The molecule has 0 amide bonds. The molecule has 0 atom stereocenters. The molecule has 18 heavy (non-hydrogen) atoms. The van der Waals surface area contributed by atoms with E-state index in [1.807, 2.05) is 6.07 Å². The maximum absolute atomic E-state index is 11.4. The van der Waals surface area contributed by atoms with E-state index in [-0.39, 0.29) is 12.4 Å². The molecule has 0 saturated heterocycles. The SMILES string of the molecule is CC(=O)c1ccnc(N(CCO)C2CCCC2)c1. The first kappa shape index (κ1) is 13.0. The van der Waals surface area contributed by atoms with Crippen LogP contribution in [0.25, 0.3) is 0 Å². The summed E-state index contributed by atoms with van der Waals surface area (Å²) in [4.78, 5) is 17.9. The molecule has 0 bridgehead atoms. The summed E-state index contributed by atoms with van der Waals surface area (Å²) in [5.41, 5.74) is 0.681. The fourth-order valence-corrected chi connectivity index (χ4v) is 2.60. The Morgan fingerprint density at radius 3 is 2.83 bits per heavy atom. The molecule has 0 unspecified atom stereocenters. The van der Waals surface area contributed by atoms with Crippen LogP contribution in [0.4, 0.5) is 5.82 Å². The van der Waals surface area contributed by atoms with Crippen molar-refractivity contribution >= 4 is 11.6 Å². The van der Waals surface area contributed by atoms with E-state index in [1.165, 1.54) is 12.8 Å². The number of Topliss-reactive ketones (excluding diaryl/α,β-unsaturated/α-hetero) is 1. The highest BCUT2D eigenvalue weighted by Gasteiger charge is 2.23. The van der Waals surface area contributed by atoms with Gasteiger partial charge in [-0.05, 0) is 31.9 Å². The van der Waals surface area contributed by atoms with Gasteiger partial charge in [-0.25, -0.2) is 4.98 Å². The number of aromatic nitrogens is 1. The number of carbonyl (C=O) groups excluding carboxylic acids is 1. The van der Waals surface area contributed by atoms with Crippen LogP contribution < -0.4 is 4.90 Å². The van der Waals surface area contributed by atoms with E-state index in [0.717, 1.165) is 18.7 Å². The Morgan fingerprint density at radius 2 is 2.22 bits per heavy atom. The average molecular weight is 248 g/mol. The van der Waals surface area contributed by atoms with E-state index in [0.29, 0.717) is 18.2 Å². The van der Waals surface area contributed by atoms with Crippen LogP contribution in [-0.2, 0) is 0 Å². The molecule has 4 nitrogen and oxygen atoms in total. The zero-order valence-corrected chi connectivity index (χ0v) is 10.8. The van der Waals surface area contributed by atoms with Gasteiger partial charge in [0.1, 0.15) is 5.82 Å². The van der Waals surface area contributed by atoms with Gasteiger partial charge in [0.25, 0.3) is 0 Å². The largest absolute Gasteiger partial charge is 0.395 e. The number of rotatable bonds is 5. The van der Waals surface area contributed by atoms with Crippen molar-refractivity contribution in [2.75, 3.05) is 18.1 Å².